The Bertz CT molecular complexity index is 563. The molecule has 0 aliphatic heterocycles. The van der Waals surface area contributed by atoms with Crippen molar-refractivity contribution in [3.8, 4) is 5.88 Å². The molecule has 1 N–H and O–H groups in total. The Morgan fingerprint density at radius 3 is 2.68 bits per heavy atom. The highest BCUT2D eigenvalue weighted by molar-refractivity contribution is 9.10. The molecule has 1 aromatic heterocycles. The van der Waals surface area contributed by atoms with Gasteiger partial charge in [-0.1, -0.05) is 33.6 Å². The number of ether oxygens (including phenoxy) is 1. The van der Waals surface area contributed by atoms with Gasteiger partial charge in [-0.2, -0.15) is 0 Å². The zero-order valence-corrected chi connectivity index (χ0v) is 12.5. The number of aromatic nitrogens is 2. The summed E-state index contributed by atoms with van der Waals surface area (Å²) in [6, 6.07) is 8.89. The van der Waals surface area contributed by atoms with E-state index in [0.29, 0.717) is 23.0 Å². The Morgan fingerprint density at radius 2 is 2.11 bits per heavy atom. The molecule has 19 heavy (non-hydrogen) atoms. The maximum absolute atomic E-state index is 10.1. The minimum absolute atomic E-state index is 0.382. The average molecular weight is 344 g/mol. The molecule has 0 aliphatic rings. The van der Waals surface area contributed by atoms with Crippen LogP contribution >= 0.6 is 27.5 Å². The molecule has 0 fully saturated rings. The summed E-state index contributed by atoms with van der Waals surface area (Å²) in [4.78, 5) is 0. The number of nitrogens with zero attached hydrogens (tertiary/aromatic N) is 2. The van der Waals surface area contributed by atoms with Crippen molar-refractivity contribution in [3.05, 3.63) is 51.1 Å². The van der Waals surface area contributed by atoms with Crippen LogP contribution in [0.5, 0.6) is 5.88 Å². The van der Waals surface area contributed by atoms with Crippen LogP contribution in [-0.2, 0) is 6.42 Å². The summed E-state index contributed by atoms with van der Waals surface area (Å²) in [7, 11) is 1.52. The topological polar surface area (TPSA) is 55.2 Å². The second kappa shape index (κ2) is 6.32. The first-order valence-electron chi connectivity index (χ1n) is 5.59. The van der Waals surface area contributed by atoms with E-state index in [9.17, 15) is 5.11 Å². The number of hydrogen-bond donors (Lipinski definition) is 1. The first kappa shape index (κ1) is 14.2. The van der Waals surface area contributed by atoms with Gasteiger partial charge in [0.2, 0.25) is 5.88 Å². The summed E-state index contributed by atoms with van der Waals surface area (Å²) in [6.45, 7) is 0. The number of rotatable bonds is 4. The second-order valence-corrected chi connectivity index (χ2v) is 5.28. The second-order valence-electron chi connectivity index (χ2n) is 3.96. The van der Waals surface area contributed by atoms with Gasteiger partial charge in [0.25, 0.3) is 0 Å². The SMILES string of the molecule is COc1ccc(C(O)Cc2ccc(Br)cc2Cl)nn1. The lowest BCUT2D eigenvalue weighted by Crippen LogP contribution is -2.06. The number of aliphatic hydroxyl groups is 1. The smallest absolute Gasteiger partial charge is 0.233 e. The summed E-state index contributed by atoms with van der Waals surface area (Å²) < 4.78 is 5.82. The van der Waals surface area contributed by atoms with Gasteiger partial charge < -0.3 is 9.84 Å². The molecular formula is C13H12BrClN2O2. The molecule has 0 saturated carbocycles. The number of benzene rings is 1. The Balaban J connectivity index is 2.13. The molecule has 0 spiro atoms. The van der Waals surface area contributed by atoms with Crippen molar-refractivity contribution in [2.75, 3.05) is 7.11 Å². The lowest BCUT2D eigenvalue weighted by Gasteiger charge is -2.11. The maximum Gasteiger partial charge on any atom is 0.233 e. The van der Waals surface area contributed by atoms with Gasteiger partial charge in [0, 0.05) is 22.0 Å². The normalized spacial score (nSPS) is 12.2. The van der Waals surface area contributed by atoms with Gasteiger partial charge in [0.05, 0.1) is 12.8 Å². The van der Waals surface area contributed by atoms with Crippen LogP contribution in [0.1, 0.15) is 17.4 Å². The molecule has 0 bridgehead atoms. The van der Waals surface area contributed by atoms with E-state index in [1.807, 2.05) is 12.1 Å². The Labute approximate surface area is 124 Å². The van der Waals surface area contributed by atoms with Crippen LogP contribution in [0.25, 0.3) is 0 Å². The molecule has 0 aliphatic carbocycles. The number of halogens is 2. The van der Waals surface area contributed by atoms with Crippen molar-refractivity contribution < 1.29 is 9.84 Å². The highest BCUT2D eigenvalue weighted by atomic mass is 79.9. The number of aliphatic hydroxyl groups excluding tert-OH is 1. The predicted octanol–water partition coefficient (Wildman–Crippen LogP) is 3.18. The zero-order valence-electron chi connectivity index (χ0n) is 10.2. The standard InChI is InChI=1S/C13H12BrClN2O2/c1-19-13-5-4-11(16-17-13)12(18)6-8-2-3-9(14)7-10(8)15/h2-5,7,12,18H,6H2,1H3. The highest BCUT2D eigenvalue weighted by Gasteiger charge is 2.13. The molecule has 2 aromatic rings. The van der Waals surface area contributed by atoms with Crippen molar-refractivity contribution in [2.24, 2.45) is 0 Å². The quantitative estimate of drug-likeness (QED) is 0.926. The van der Waals surface area contributed by atoms with Gasteiger partial charge in [-0.3, -0.25) is 0 Å². The third kappa shape index (κ3) is 3.65. The van der Waals surface area contributed by atoms with E-state index in [1.165, 1.54) is 7.11 Å². The van der Waals surface area contributed by atoms with E-state index in [2.05, 4.69) is 26.1 Å². The first-order valence-corrected chi connectivity index (χ1v) is 6.77. The molecule has 4 nitrogen and oxygen atoms in total. The summed E-state index contributed by atoms with van der Waals surface area (Å²) in [6.07, 6.45) is -0.371. The van der Waals surface area contributed by atoms with Crippen LogP contribution in [0.4, 0.5) is 0 Å². The summed E-state index contributed by atoms with van der Waals surface area (Å²) in [5, 5.41) is 18.5. The average Bonchev–Trinajstić information content (AvgIpc) is 2.42. The van der Waals surface area contributed by atoms with Crippen molar-refractivity contribution in [1.82, 2.24) is 10.2 Å². The van der Waals surface area contributed by atoms with E-state index in [4.69, 9.17) is 16.3 Å². The van der Waals surface area contributed by atoms with E-state index in [0.717, 1.165) is 10.0 Å². The molecule has 2 rings (SSSR count). The van der Waals surface area contributed by atoms with Crippen LogP contribution in [0.2, 0.25) is 5.02 Å². The zero-order chi connectivity index (χ0) is 13.8. The number of hydrogen-bond acceptors (Lipinski definition) is 4. The van der Waals surface area contributed by atoms with Crippen LogP contribution in [0.15, 0.2) is 34.8 Å². The Hall–Kier alpha value is -1.17. The molecule has 1 aromatic carbocycles. The fourth-order valence-electron chi connectivity index (χ4n) is 1.62. The van der Waals surface area contributed by atoms with Crippen LogP contribution in [-0.4, -0.2) is 22.4 Å². The molecular weight excluding hydrogens is 332 g/mol. The molecule has 100 valence electrons. The van der Waals surface area contributed by atoms with Gasteiger partial charge in [-0.25, -0.2) is 0 Å². The minimum atomic E-state index is -0.753. The fourth-order valence-corrected chi connectivity index (χ4v) is 2.37. The summed E-state index contributed by atoms with van der Waals surface area (Å²) in [5.74, 6) is 0.414. The largest absolute Gasteiger partial charge is 0.480 e. The van der Waals surface area contributed by atoms with Gasteiger partial charge in [-0.15, -0.1) is 10.2 Å². The van der Waals surface area contributed by atoms with Gasteiger partial charge in [0.15, 0.2) is 0 Å². The first-order chi connectivity index (χ1) is 9.10. The predicted molar refractivity (Wildman–Crippen MR) is 76.4 cm³/mol. The monoisotopic (exact) mass is 342 g/mol. The Morgan fingerprint density at radius 1 is 1.32 bits per heavy atom. The van der Waals surface area contributed by atoms with Crippen molar-refractivity contribution in [3.63, 3.8) is 0 Å². The molecule has 0 saturated heterocycles. The molecule has 0 amide bonds. The van der Waals surface area contributed by atoms with Gasteiger partial charge in [0.1, 0.15) is 6.10 Å². The lowest BCUT2D eigenvalue weighted by atomic mass is 10.1. The van der Waals surface area contributed by atoms with E-state index < -0.39 is 6.10 Å². The summed E-state index contributed by atoms with van der Waals surface area (Å²) in [5.41, 5.74) is 1.34. The van der Waals surface area contributed by atoms with E-state index >= 15 is 0 Å². The van der Waals surface area contributed by atoms with E-state index in [-0.39, 0.29) is 0 Å². The third-order valence-electron chi connectivity index (χ3n) is 2.64. The molecule has 1 unspecified atom stereocenters. The van der Waals surface area contributed by atoms with Gasteiger partial charge >= 0.3 is 0 Å². The number of methoxy groups -OCH3 is 1. The van der Waals surface area contributed by atoms with E-state index in [1.54, 1.807) is 18.2 Å². The highest BCUT2D eigenvalue weighted by Crippen LogP contribution is 2.25. The van der Waals surface area contributed by atoms with Crippen LogP contribution in [0, 0.1) is 0 Å². The molecule has 0 radical (unpaired) electrons. The van der Waals surface area contributed by atoms with Crippen molar-refractivity contribution in [1.29, 1.82) is 0 Å². The summed E-state index contributed by atoms with van der Waals surface area (Å²) >= 11 is 9.45. The fraction of sp³-hybridized carbons (Fsp3) is 0.231. The van der Waals surface area contributed by atoms with Crippen LogP contribution in [0.3, 0.4) is 0 Å². The Kier molecular flexibility index (Phi) is 4.74. The van der Waals surface area contributed by atoms with Gasteiger partial charge in [-0.05, 0) is 23.8 Å². The lowest BCUT2D eigenvalue weighted by molar-refractivity contribution is 0.172. The van der Waals surface area contributed by atoms with Crippen molar-refractivity contribution >= 4 is 27.5 Å². The molecule has 1 heterocycles. The molecule has 1 atom stereocenters. The van der Waals surface area contributed by atoms with Crippen molar-refractivity contribution in [2.45, 2.75) is 12.5 Å². The molecule has 6 heteroatoms. The third-order valence-corrected chi connectivity index (χ3v) is 3.48. The maximum atomic E-state index is 10.1. The minimum Gasteiger partial charge on any atom is -0.480 e. The van der Waals surface area contributed by atoms with Crippen LogP contribution < -0.4 is 4.74 Å².